The molecule has 0 bridgehead atoms. The van der Waals surface area contributed by atoms with Gasteiger partial charge in [0, 0.05) is 30.3 Å². The van der Waals surface area contributed by atoms with Gasteiger partial charge in [-0.05, 0) is 54.5 Å². The van der Waals surface area contributed by atoms with Gasteiger partial charge in [0.1, 0.15) is 15.9 Å². The minimum atomic E-state index is -0.492. The summed E-state index contributed by atoms with van der Waals surface area (Å²) in [6, 6.07) is 5.40. The maximum absolute atomic E-state index is 13.6. The maximum Gasteiger partial charge on any atom is 0.258 e. The summed E-state index contributed by atoms with van der Waals surface area (Å²) in [6.45, 7) is 0. The number of benzene rings is 1. The zero-order chi connectivity index (χ0) is 24.3. The summed E-state index contributed by atoms with van der Waals surface area (Å²) in [6.07, 6.45) is 7.72. The summed E-state index contributed by atoms with van der Waals surface area (Å²) >= 11 is 7.63. The first-order chi connectivity index (χ1) is 16.9. The Kier molecular flexibility index (Phi) is 5.30. The largest absolute Gasteiger partial charge is 0.494 e. The van der Waals surface area contributed by atoms with Crippen LogP contribution in [0, 0.1) is 5.92 Å². The molecule has 8 nitrogen and oxygen atoms in total. The number of methoxy groups -OCH3 is 1. The standard InChI is InChI=1S/C25H24ClN5O3S/c1-31-18-10-16(22(32)28-24-30-29-21(35-24)6-5-13-3-4-13)14(9-17(18)25(7-8-25)23(31)33)15-11-20(26)27-12-19(15)34-2/h9-13H,3-8H2,1-2H3,(H,28,30,32). The summed E-state index contributed by atoms with van der Waals surface area (Å²) in [5.41, 5.74) is 2.87. The fourth-order valence-electron chi connectivity index (χ4n) is 4.91. The molecule has 2 fully saturated rings. The van der Waals surface area contributed by atoms with Crippen LogP contribution >= 0.6 is 22.9 Å². The SMILES string of the molecule is COc1cnc(Cl)cc1-c1cc2c(cc1C(=O)Nc1nnc(CCC3CC3)s1)N(C)C(=O)C21CC1. The van der Waals surface area contributed by atoms with Crippen LogP contribution in [-0.2, 0) is 16.6 Å². The van der Waals surface area contributed by atoms with Gasteiger partial charge < -0.3 is 9.64 Å². The smallest absolute Gasteiger partial charge is 0.258 e. The lowest BCUT2D eigenvalue weighted by atomic mass is 9.90. The van der Waals surface area contributed by atoms with E-state index in [0.29, 0.717) is 27.6 Å². The van der Waals surface area contributed by atoms with Crippen molar-refractivity contribution in [1.82, 2.24) is 15.2 Å². The van der Waals surface area contributed by atoms with E-state index >= 15 is 0 Å². The number of rotatable bonds is 7. The normalized spacial score (nSPS) is 17.6. The van der Waals surface area contributed by atoms with E-state index < -0.39 is 5.41 Å². The van der Waals surface area contributed by atoms with Gasteiger partial charge in [0.2, 0.25) is 11.0 Å². The average Bonchev–Trinajstić information content (AvgIpc) is 3.79. The van der Waals surface area contributed by atoms with Crippen LogP contribution in [0.1, 0.15) is 53.0 Å². The number of carbonyl (C=O) groups is 2. The molecule has 6 rings (SSSR count). The van der Waals surface area contributed by atoms with Gasteiger partial charge in [0.25, 0.3) is 5.91 Å². The molecule has 1 aliphatic heterocycles. The van der Waals surface area contributed by atoms with Crippen LogP contribution in [0.15, 0.2) is 24.4 Å². The quantitative estimate of drug-likeness (QED) is 0.456. The highest BCUT2D eigenvalue weighted by molar-refractivity contribution is 7.15. The number of anilines is 2. The van der Waals surface area contributed by atoms with Gasteiger partial charge in [-0.1, -0.05) is 35.8 Å². The predicted molar refractivity (Wildman–Crippen MR) is 134 cm³/mol. The van der Waals surface area contributed by atoms with Crippen molar-refractivity contribution in [2.45, 2.75) is 43.9 Å². The molecule has 2 saturated carbocycles. The lowest BCUT2D eigenvalue weighted by Crippen LogP contribution is -2.28. The Morgan fingerprint density at radius 2 is 2.06 bits per heavy atom. The molecule has 1 aromatic carbocycles. The average molecular weight is 510 g/mol. The number of ether oxygens (including phenoxy) is 1. The highest BCUT2D eigenvalue weighted by Gasteiger charge is 2.58. The molecule has 2 amide bonds. The van der Waals surface area contributed by atoms with Crippen molar-refractivity contribution in [2.75, 3.05) is 24.4 Å². The van der Waals surface area contributed by atoms with Gasteiger partial charge in [-0.2, -0.15) is 0 Å². The number of nitrogens with zero attached hydrogens (tertiary/aromatic N) is 4. The van der Waals surface area contributed by atoms with E-state index in [0.717, 1.165) is 47.9 Å². The van der Waals surface area contributed by atoms with Crippen LogP contribution < -0.4 is 15.0 Å². The van der Waals surface area contributed by atoms with Gasteiger partial charge >= 0.3 is 0 Å². The van der Waals surface area contributed by atoms with Gasteiger partial charge in [0.15, 0.2) is 0 Å². The number of fused-ring (bicyclic) bond motifs is 2. The zero-order valence-corrected chi connectivity index (χ0v) is 21.0. The van der Waals surface area contributed by atoms with E-state index in [1.807, 2.05) is 6.07 Å². The minimum Gasteiger partial charge on any atom is -0.494 e. The highest BCUT2D eigenvalue weighted by atomic mass is 35.5. The molecule has 10 heteroatoms. The van der Waals surface area contributed by atoms with E-state index in [1.54, 1.807) is 31.2 Å². The number of likely N-dealkylation sites (N-methyl/N-ethyl adjacent to an activating group) is 1. The van der Waals surface area contributed by atoms with Crippen LogP contribution in [0.25, 0.3) is 11.1 Å². The Bertz CT molecular complexity index is 1370. The Balaban J connectivity index is 1.40. The van der Waals surface area contributed by atoms with Crippen molar-refractivity contribution >= 4 is 45.6 Å². The van der Waals surface area contributed by atoms with E-state index in [1.165, 1.54) is 30.4 Å². The molecule has 1 N–H and O–H groups in total. The molecule has 2 aliphatic carbocycles. The molecule has 0 saturated heterocycles. The Morgan fingerprint density at radius 3 is 2.77 bits per heavy atom. The number of hydrogen-bond acceptors (Lipinski definition) is 7. The fourth-order valence-corrected chi connectivity index (χ4v) is 5.82. The summed E-state index contributed by atoms with van der Waals surface area (Å²) in [4.78, 5) is 32.4. The number of amides is 2. The summed E-state index contributed by atoms with van der Waals surface area (Å²) in [7, 11) is 3.31. The highest BCUT2D eigenvalue weighted by Crippen LogP contribution is 2.58. The molecule has 35 heavy (non-hydrogen) atoms. The van der Waals surface area contributed by atoms with Crippen molar-refractivity contribution in [3.63, 3.8) is 0 Å². The van der Waals surface area contributed by atoms with Crippen molar-refractivity contribution in [2.24, 2.45) is 5.92 Å². The van der Waals surface area contributed by atoms with Gasteiger partial charge in [-0.15, -0.1) is 10.2 Å². The monoisotopic (exact) mass is 509 g/mol. The third-order valence-electron chi connectivity index (χ3n) is 7.22. The van der Waals surface area contributed by atoms with Gasteiger partial charge in [-0.25, -0.2) is 4.98 Å². The molecule has 3 heterocycles. The van der Waals surface area contributed by atoms with Crippen LogP contribution in [0.3, 0.4) is 0 Å². The molecule has 3 aromatic rings. The van der Waals surface area contributed by atoms with Crippen LogP contribution in [0.4, 0.5) is 10.8 Å². The molecule has 0 atom stereocenters. The number of hydrogen-bond donors (Lipinski definition) is 1. The van der Waals surface area contributed by atoms with Crippen LogP contribution in [0.2, 0.25) is 5.15 Å². The first-order valence-electron chi connectivity index (χ1n) is 11.7. The second-order valence-corrected chi connectivity index (χ2v) is 11.0. The molecule has 180 valence electrons. The summed E-state index contributed by atoms with van der Waals surface area (Å²) in [5, 5.41) is 13.0. The van der Waals surface area contributed by atoms with Crippen molar-refractivity contribution in [3.05, 3.63) is 45.7 Å². The number of aromatic nitrogens is 3. The Labute approximate surface area is 211 Å². The molecule has 3 aliphatic rings. The molecular formula is C25H24ClN5O3S. The zero-order valence-electron chi connectivity index (χ0n) is 19.4. The number of halogens is 1. The second-order valence-electron chi connectivity index (χ2n) is 9.51. The van der Waals surface area contributed by atoms with Crippen molar-refractivity contribution < 1.29 is 14.3 Å². The van der Waals surface area contributed by atoms with Crippen molar-refractivity contribution in [3.8, 4) is 16.9 Å². The van der Waals surface area contributed by atoms with Gasteiger partial charge in [-0.3, -0.25) is 14.9 Å². The summed E-state index contributed by atoms with van der Waals surface area (Å²) in [5.74, 6) is 1.03. The number of aryl methyl sites for hydroxylation is 1. The predicted octanol–water partition coefficient (Wildman–Crippen LogP) is 4.87. The fraction of sp³-hybridized carbons (Fsp3) is 0.400. The molecule has 0 radical (unpaired) electrons. The summed E-state index contributed by atoms with van der Waals surface area (Å²) < 4.78 is 5.54. The van der Waals surface area contributed by atoms with E-state index in [9.17, 15) is 9.59 Å². The number of carbonyl (C=O) groups excluding carboxylic acids is 2. The van der Waals surface area contributed by atoms with Crippen LogP contribution in [-0.4, -0.2) is 41.2 Å². The third-order valence-corrected chi connectivity index (χ3v) is 8.32. The minimum absolute atomic E-state index is 0.0696. The molecule has 1 spiro atoms. The Morgan fingerprint density at radius 1 is 1.26 bits per heavy atom. The van der Waals surface area contributed by atoms with Crippen LogP contribution in [0.5, 0.6) is 5.75 Å². The maximum atomic E-state index is 13.6. The van der Waals surface area contributed by atoms with E-state index in [2.05, 4.69) is 20.5 Å². The number of pyridine rings is 1. The lowest BCUT2D eigenvalue weighted by molar-refractivity contribution is -0.119. The topological polar surface area (TPSA) is 97.3 Å². The first kappa shape index (κ1) is 22.4. The van der Waals surface area contributed by atoms with E-state index in [-0.39, 0.29) is 17.0 Å². The molecule has 0 unspecified atom stereocenters. The molecular weight excluding hydrogens is 486 g/mol. The second kappa shape index (κ2) is 8.27. The lowest BCUT2D eigenvalue weighted by Gasteiger charge is -2.17. The van der Waals surface area contributed by atoms with Gasteiger partial charge in [0.05, 0.1) is 18.7 Å². The number of nitrogens with one attached hydrogen (secondary N) is 1. The molecule has 2 aromatic heterocycles. The first-order valence-corrected chi connectivity index (χ1v) is 12.9. The van der Waals surface area contributed by atoms with Crippen molar-refractivity contribution in [1.29, 1.82) is 0 Å². The third kappa shape index (κ3) is 3.87. The van der Waals surface area contributed by atoms with E-state index in [4.69, 9.17) is 16.3 Å². The Hall–Kier alpha value is -3.04.